The summed E-state index contributed by atoms with van der Waals surface area (Å²) in [4.78, 5) is 10.7. The molecule has 1 saturated heterocycles. The number of rotatable bonds is 1. The summed E-state index contributed by atoms with van der Waals surface area (Å²) in [6.07, 6.45) is -0.280. The van der Waals surface area contributed by atoms with Gasteiger partial charge in [-0.05, 0) is 6.42 Å². The Morgan fingerprint density at radius 1 is 1.70 bits per heavy atom. The molecular formula is C6H10O4. The largest absolute Gasteiger partial charge is 0.467 e. The molecule has 1 aliphatic rings. The lowest BCUT2D eigenvalue weighted by Crippen LogP contribution is -2.22. The zero-order valence-corrected chi connectivity index (χ0v) is 5.74. The smallest absolute Gasteiger partial charge is 0.335 e. The molecule has 2 unspecified atom stereocenters. The Kier molecular flexibility index (Phi) is 2.24. The quantitative estimate of drug-likeness (QED) is 0.514. The van der Waals surface area contributed by atoms with E-state index < -0.39 is 18.4 Å². The van der Waals surface area contributed by atoms with E-state index in [9.17, 15) is 4.79 Å². The van der Waals surface area contributed by atoms with Gasteiger partial charge in [0.25, 0.3) is 0 Å². The first-order chi connectivity index (χ1) is 4.74. The first kappa shape index (κ1) is 7.50. The van der Waals surface area contributed by atoms with E-state index >= 15 is 0 Å². The van der Waals surface area contributed by atoms with Gasteiger partial charge in [0.1, 0.15) is 0 Å². The fourth-order valence-electron chi connectivity index (χ4n) is 0.925. The number of aliphatic hydroxyl groups excluding tert-OH is 1. The maximum atomic E-state index is 10.7. The van der Waals surface area contributed by atoms with Gasteiger partial charge in [-0.15, -0.1) is 0 Å². The summed E-state index contributed by atoms with van der Waals surface area (Å²) in [6, 6.07) is 0. The van der Waals surface area contributed by atoms with Crippen LogP contribution in [0.15, 0.2) is 0 Å². The van der Waals surface area contributed by atoms with Crippen LogP contribution >= 0.6 is 0 Å². The van der Waals surface area contributed by atoms with Gasteiger partial charge in [0.2, 0.25) is 0 Å². The Bertz CT molecular complexity index is 134. The Balaban J connectivity index is 2.37. The number of methoxy groups -OCH3 is 1. The highest BCUT2D eigenvalue weighted by Gasteiger charge is 2.29. The minimum atomic E-state index is -0.788. The van der Waals surface area contributed by atoms with E-state index in [0.29, 0.717) is 12.8 Å². The zero-order chi connectivity index (χ0) is 7.56. The molecule has 0 bridgehead atoms. The van der Waals surface area contributed by atoms with Crippen molar-refractivity contribution in [3.8, 4) is 0 Å². The molecular weight excluding hydrogens is 136 g/mol. The SMILES string of the molecule is COC(=O)C1CCC(O)O1. The van der Waals surface area contributed by atoms with E-state index in [4.69, 9.17) is 9.84 Å². The minimum Gasteiger partial charge on any atom is -0.467 e. The van der Waals surface area contributed by atoms with E-state index in [1.54, 1.807) is 0 Å². The van der Waals surface area contributed by atoms with Crippen LogP contribution in [0.1, 0.15) is 12.8 Å². The van der Waals surface area contributed by atoms with Gasteiger partial charge in [-0.2, -0.15) is 0 Å². The normalized spacial score (nSPS) is 32.2. The van der Waals surface area contributed by atoms with Crippen LogP contribution < -0.4 is 0 Å². The van der Waals surface area contributed by atoms with Crippen molar-refractivity contribution in [1.82, 2.24) is 0 Å². The lowest BCUT2D eigenvalue weighted by molar-refractivity contribution is -0.162. The van der Waals surface area contributed by atoms with Crippen LogP contribution in [0.5, 0.6) is 0 Å². The maximum Gasteiger partial charge on any atom is 0.335 e. The third kappa shape index (κ3) is 1.46. The van der Waals surface area contributed by atoms with Crippen molar-refractivity contribution in [2.75, 3.05) is 7.11 Å². The number of ether oxygens (including phenoxy) is 2. The van der Waals surface area contributed by atoms with Crippen LogP contribution in [-0.4, -0.2) is 30.6 Å². The van der Waals surface area contributed by atoms with Crippen LogP contribution in [0.3, 0.4) is 0 Å². The third-order valence-corrected chi connectivity index (χ3v) is 1.46. The van der Waals surface area contributed by atoms with Crippen molar-refractivity contribution in [2.24, 2.45) is 0 Å². The topological polar surface area (TPSA) is 55.8 Å². The van der Waals surface area contributed by atoms with Crippen LogP contribution in [0.25, 0.3) is 0 Å². The predicted octanol–water partition coefficient (Wildman–Crippen LogP) is -0.343. The average Bonchev–Trinajstić information content (AvgIpc) is 2.34. The minimum absolute atomic E-state index is 0.406. The van der Waals surface area contributed by atoms with Crippen molar-refractivity contribution < 1.29 is 19.4 Å². The Morgan fingerprint density at radius 2 is 2.40 bits per heavy atom. The van der Waals surface area contributed by atoms with Crippen molar-refractivity contribution in [1.29, 1.82) is 0 Å². The molecule has 0 aromatic heterocycles. The summed E-state index contributed by atoms with van der Waals surface area (Å²) in [5.74, 6) is -0.406. The highest BCUT2D eigenvalue weighted by atomic mass is 16.6. The molecule has 4 nitrogen and oxygen atoms in total. The maximum absolute atomic E-state index is 10.7. The Labute approximate surface area is 58.7 Å². The monoisotopic (exact) mass is 146 g/mol. The fourth-order valence-corrected chi connectivity index (χ4v) is 0.925. The number of esters is 1. The van der Waals surface area contributed by atoms with Gasteiger partial charge in [-0.1, -0.05) is 0 Å². The highest BCUT2D eigenvalue weighted by molar-refractivity contribution is 5.74. The molecule has 1 fully saturated rings. The Morgan fingerprint density at radius 3 is 2.80 bits per heavy atom. The molecule has 0 aromatic carbocycles. The van der Waals surface area contributed by atoms with Gasteiger partial charge in [0.05, 0.1) is 7.11 Å². The summed E-state index contributed by atoms with van der Waals surface area (Å²) < 4.78 is 9.20. The zero-order valence-electron chi connectivity index (χ0n) is 5.74. The van der Waals surface area contributed by atoms with Crippen molar-refractivity contribution in [3.63, 3.8) is 0 Å². The lowest BCUT2D eigenvalue weighted by atomic mass is 10.2. The standard InChI is InChI=1S/C6H10O4/c1-9-6(8)4-2-3-5(7)10-4/h4-5,7H,2-3H2,1H3. The van der Waals surface area contributed by atoms with E-state index in [-0.39, 0.29) is 0 Å². The van der Waals surface area contributed by atoms with Crippen molar-refractivity contribution >= 4 is 5.97 Å². The van der Waals surface area contributed by atoms with Gasteiger partial charge in [-0.25, -0.2) is 4.79 Å². The molecule has 0 aliphatic carbocycles. The number of carbonyl (C=O) groups is 1. The second kappa shape index (κ2) is 2.98. The van der Waals surface area contributed by atoms with E-state index in [1.807, 2.05) is 0 Å². The molecule has 1 aliphatic heterocycles. The highest BCUT2D eigenvalue weighted by Crippen LogP contribution is 2.17. The fraction of sp³-hybridized carbons (Fsp3) is 0.833. The third-order valence-electron chi connectivity index (χ3n) is 1.46. The van der Waals surface area contributed by atoms with Crippen LogP contribution in [0, 0.1) is 0 Å². The molecule has 0 amide bonds. The number of aliphatic hydroxyl groups is 1. The first-order valence-corrected chi connectivity index (χ1v) is 3.15. The van der Waals surface area contributed by atoms with E-state index in [2.05, 4.69) is 4.74 Å². The Hall–Kier alpha value is -0.610. The van der Waals surface area contributed by atoms with Crippen molar-refractivity contribution in [2.45, 2.75) is 25.2 Å². The second-order valence-electron chi connectivity index (χ2n) is 2.18. The molecule has 2 atom stereocenters. The number of hydrogen-bond acceptors (Lipinski definition) is 4. The number of hydrogen-bond donors (Lipinski definition) is 1. The molecule has 0 aromatic rings. The number of carbonyl (C=O) groups excluding carboxylic acids is 1. The molecule has 0 saturated carbocycles. The summed E-state index contributed by atoms with van der Waals surface area (Å²) in [6.45, 7) is 0. The summed E-state index contributed by atoms with van der Waals surface area (Å²) in [5, 5.41) is 8.81. The van der Waals surface area contributed by atoms with Gasteiger partial charge in [0, 0.05) is 6.42 Å². The van der Waals surface area contributed by atoms with Gasteiger partial charge >= 0.3 is 5.97 Å². The molecule has 10 heavy (non-hydrogen) atoms. The molecule has 58 valence electrons. The van der Waals surface area contributed by atoms with Crippen molar-refractivity contribution in [3.05, 3.63) is 0 Å². The summed E-state index contributed by atoms with van der Waals surface area (Å²) >= 11 is 0. The summed E-state index contributed by atoms with van der Waals surface area (Å²) in [5.41, 5.74) is 0. The van der Waals surface area contributed by atoms with Gasteiger partial charge < -0.3 is 14.6 Å². The van der Waals surface area contributed by atoms with Crippen LogP contribution in [0.2, 0.25) is 0 Å². The molecule has 0 spiro atoms. The molecule has 1 heterocycles. The first-order valence-electron chi connectivity index (χ1n) is 3.15. The molecule has 1 N–H and O–H groups in total. The predicted molar refractivity (Wildman–Crippen MR) is 32.1 cm³/mol. The van der Waals surface area contributed by atoms with Crippen LogP contribution in [0.4, 0.5) is 0 Å². The van der Waals surface area contributed by atoms with E-state index in [0.717, 1.165) is 0 Å². The van der Waals surface area contributed by atoms with E-state index in [1.165, 1.54) is 7.11 Å². The molecule has 1 rings (SSSR count). The van der Waals surface area contributed by atoms with Crippen LogP contribution in [-0.2, 0) is 14.3 Å². The average molecular weight is 146 g/mol. The van der Waals surface area contributed by atoms with Gasteiger partial charge in [0.15, 0.2) is 12.4 Å². The summed E-state index contributed by atoms with van der Waals surface area (Å²) in [7, 11) is 1.30. The lowest BCUT2D eigenvalue weighted by Gasteiger charge is -2.06. The van der Waals surface area contributed by atoms with Gasteiger partial charge in [-0.3, -0.25) is 0 Å². The molecule has 0 radical (unpaired) electrons. The second-order valence-corrected chi connectivity index (χ2v) is 2.18. The molecule has 4 heteroatoms.